The van der Waals surface area contributed by atoms with Crippen LogP contribution in [-0.2, 0) is 23.4 Å². The van der Waals surface area contributed by atoms with Crippen LogP contribution in [0.5, 0.6) is 0 Å². The number of ether oxygens (including phenoxy) is 1. The van der Waals surface area contributed by atoms with E-state index < -0.39 is 30.8 Å². The summed E-state index contributed by atoms with van der Waals surface area (Å²) in [5.74, 6) is -2.35. The number of carbonyl (C=O) groups excluding carboxylic acids is 1. The fraction of sp³-hybridized carbons (Fsp3) is 0.867. The van der Waals surface area contributed by atoms with Gasteiger partial charge in [0.15, 0.2) is 0 Å². The summed E-state index contributed by atoms with van der Waals surface area (Å²) < 4.78 is 23.5. The first-order chi connectivity index (χ1) is 10.5. The van der Waals surface area contributed by atoms with E-state index in [1.165, 1.54) is 0 Å². The first-order valence-electron chi connectivity index (χ1n) is 7.90. The van der Waals surface area contributed by atoms with Crippen LogP contribution in [0.4, 0.5) is 0 Å². The molecule has 23 heavy (non-hydrogen) atoms. The molecule has 0 aromatic rings. The van der Waals surface area contributed by atoms with Gasteiger partial charge in [-0.3, -0.25) is 14.2 Å². The SMILES string of the molecule is CCCCOC(=O)C(CCC(=O)O)CP(=O)(CN)OC(C)(C)C. The molecule has 0 aliphatic heterocycles. The number of carboxylic acids is 1. The third-order valence-electron chi connectivity index (χ3n) is 3.00. The number of hydrogen-bond acceptors (Lipinski definition) is 6. The van der Waals surface area contributed by atoms with Crippen LogP contribution in [0.15, 0.2) is 0 Å². The van der Waals surface area contributed by atoms with Gasteiger partial charge in [-0.05, 0) is 33.6 Å². The molecule has 0 aromatic carbocycles. The third-order valence-corrected chi connectivity index (χ3v) is 5.43. The van der Waals surface area contributed by atoms with Gasteiger partial charge in [-0.15, -0.1) is 0 Å². The van der Waals surface area contributed by atoms with Gasteiger partial charge in [0, 0.05) is 12.6 Å². The highest BCUT2D eigenvalue weighted by atomic mass is 31.2. The molecule has 0 aromatic heterocycles. The number of hydrogen-bond donors (Lipinski definition) is 2. The Bertz CT molecular complexity index is 432. The molecule has 0 saturated carbocycles. The van der Waals surface area contributed by atoms with Crippen LogP contribution in [0, 0.1) is 5.92 Å². The molecule has 8 heteroatoms. The first kappa shape index (κ1) is 22.1. The van der Waals surface area contributed by atoms with Crippen LogP contribution in [0.3, 0.4) is 0 Å². The van der Waals surface area contributed by atoms with Crippen molar-refractivity contribution in [1.29, 1.82) is 0 Å². The van der Waals surface area contributed by atoms with Crippen LogP contribution in [0.2, 0.25) is 0 Å². The molecule has 0 fully saturated rings. The van der Waals surface area contributed by atoms with Crippen molar-refractivity contribution in [2.24, 2.45) is 11.7 Å². The minimum atomic E-state index is -3.25. The Balaban J connectivity index is 4.99. The lowest BCUT2D eigenvalue weighted by Crippen LogP contribution is -2.28. The zero-order valence-corrected chi connectivity index (χ0v) is 15.4. The highest BCUT2D eigenvalue weighted by Gasteiger charge is 2.34. The lowest BCUT2D eigenvalue weighted by atomic mass is 10.1. The van der Waals surface area contributed by atoms with Crippen molar-refractivity contribution in [2.45, 2.75) is 59.0 Å². The summed E-state index contributed by atoms with van der Waals surface area (Å²) in [7, 11) is -3.25. The molecule has 3 N–H and O–H groups in total. The maximum atomic E-state index is 12.8. The van der Waals surface area contributed by atoms with E-state index in [4.69, 9.17) is 20.1 Å². The fourth-order valence-electron chi connectivity index (χ4n) is 2.00. The minimum Gasteiger partial charge on any atom is -0.481 e. The molecule has 0 amide bonds. The van der Waals surface area contributed by atoms with Crippen LogP contribution in [-0.4, -0.2) is 41.7 Å². The molecular weight excluding hydrogens is 321 g/mol. The van der Waals surface area contributed by atoms with Gasteiger partial charge in [0.05, 0.1) is 24.4 Å². The number of unbranched alkanes of at least 4 members (excludes halogenated alkanes) is 1. The zero-order chi connectivity index (χ0) is 18.1. The average molecular weight is 351 g/mol. The van der Waals surface area contributed by atoms with Crippen molar-refractivity contribution in [3.8, 4) is 0 Å². The van der Waals surface area contributed by atoms with Crippen LogP contribution < -0.4 is 5.73 Å². The van der Waals surface area contributed by atoms with Crippen LogP contribution in [0.25, 0.3) is 0 Å². The van der Waals surface area contributed by atoms with E-state index in [9.17, 15) is 14.2 Å². The second-order valence-corrected chi connectivity index (χ2v) is 9.08. The molecular formula is C15H30NO6P. The normalized spacial score (nSPS) is 15.7. The summed E-state index contributed by atoms with van der Waals surface area (Å²) in [4.78, 5) is 22.9. The quantitative estimate of drug-likeness (QED) is 0.334. The number of nitrogens with two attached hydrogens (primary N) is 1. The van der Waals surface area contributed by atoms with Gasteiger partial charge in [-0.25, -0.2) is 0 Å². The number of aliphatic carboxylic acids is 1. The molecule has 0 bridgehead atoms. The van der Waals surface area contributed by atoms with Crippen LogP contribution in [0.1, 0.15) is 53.4 Å². The average Bonchev–Trinajstić information content (AvgIpc) is 2.41. The molecule has 0 radical (unpaired) electrons. The number of rotatable bonds is 11. The molecule has 0 spiro atoms. The maximum Gasteiger partial charge on any atom is 0.309 e. The molecule has 0 rings (SSSR count). The Morgan fingerprint density at radius 2 is 1.91 bits per heavy atom. The van der Waals surface area contributed by atoms with E-state index in [0.717, 1.165) is 12.8 Å². The van der Waals surface area contributed by atoms with E-state index in [-0.39, 0.29) is 31.9 Å². The number of carbonyl (C=O) groups is 2. The van der Waals surface area contributed by atoms with Crippen LogP contribution >= 0.6 is 7.37 Å². The number of esters is 1. The fourth-order valence-corrected chi connectivity index (χ4v) is 4.30. The monoisotopic (exact) mass is 351 g/mol. The van der Waals surface area contributed by atoms with Gasteiger partial charge < -0.3 is 20.1 Å². The second-order valence-electron chi connectivity index (χ2n) is 6.53. The topological polar surface area (TPSA) is 116 Å². The van der Waals surface area contributed by atoms with Crippen molar-refractivity contribution >= 4 is 19.3 Å². The lowest BCUT2D eigenvalue weighted by Gasteiger charge is -2.29. The van der Waals surface area contributed by atoms with Gasteiger partial charge in [-0.2, -0.15) is 0 Å². The van der Waals surface area contributed by atoms with Gasteiger partial charge in [0.2, 0.25) is 7.37 Å². The predicted octanol–water partition coefficient (Wildman–Crippen LogP) is 2.82. The summed E-state index contributed by atoms with van der Waals surface area (Å²) >= 11 is 0. The highest BCUT2D eigenvalue weighted by molar-refractivity contribution is 7.59. The molecule has 0 aliphatic carbocycles. The molecule has 0 saturated heterocycles. The molecule has 2 atom stereocenters. The Morgan fingerprint density at radius 3 is 2.35 bits per heavy atom. The van der Waals surface area contributed by atoms with Crippen molar-refractivity contribution in [1.82, 2.24) is 0 Å². The van der Waals surface area contributed by atoms with Gasteiger partial charge in [0.25, 0.3) is 0 Å². The highest BCUT2D eigenvalue weighted by Crippen LogP contribution is 2.50. The van der Waals surface area contributed by atoms with Gasteiger partial charge >= 0.3 is 11.9 Å². The summed E-state index contributed by atoms with van der Waals surface area (Å²) in [6.45, 7) is 7.49. The first-order valence-corrected chi connectivity index (χ1v) is 9.90. The van der Waals surface area contributed by atoms with Crippen molar-refractivity contribution in [2.75, 3.05) is 19.1 Å². The predicted molar refractivity (Wildman–Crippen MR) is 88.6 cm³/mol. The van der Waals surface area contributed by atoms with Crippen molar-refractivity contribution in [3.63, 3.8) is 0 Å². The minimum absolute atomic E-state index is 0.0534. The second kappa shape index (κ2) is 10.1. The van der Waals surface area contributed by atoms with E-state index >= 15 is 0 Å². The summed E-state index contributed by atoms with van der Waals surface area (Å²) in [6.07, 6.45) is 1.16. The van der Waals surface area contributed by atoms with E-state index in [1.54, 1.807) is 20.8 Å². The van der Waals surface area contributed by atoms with Gasteiger partial charge in [0.1, 0.15) is 0 Å². The number of carboxylic acid groups (broad SMARTS) is 1. The van der Waals surface area contributed by atoms with E-state index in [1.807, 2.05) is 6.92 Å². The van der Waals surface area contributed by atoms with Crippen molar-refractivity contribution < 1.29 is 28.5 Å². The molecule has 136 valence electrons. The lowest BCUT2D eigenvalue weighted by molar-refractivity contribution is -0.148. The Kier molecular flexibility index (Phi) is 9.66. The summed E-state index contributed by atoms with van der Waals surface area (Å²) in [5, 5.41) is 8.82. The third kappa shape index (κ3) is 10.5. The molecule has 7 nitrogen and oxygen atoms in total. The molecule has 0 aliphatic rings. The Labute approximate surface area is 138 Å². The van der Waals surface area contributed by atoms with E-state index in [0.29, 0.717) is 0 Å². The Morgan fingerprint density at radius 1 is 1.30 bits per heavy atom. The van der Waals surface area contributed by atoms with E-state index in [2.05, 4.69) is 0 Å². The maximum absolute atomic E-state index is 12.8. The molecule has 0 heterocycles. The van der Waals surface area contributed by atoms with Crippen molar-refractivity contribution in [3.05, 3.63) is 0 Å². The molecule has 2 unspecified atom stereocenters. The smallest absolute Gasteiger partial charge is 0.309 e. The van der Waals surface area contributed by atoms with Gasteiger partial charge in [-0.1, -0.05) is 13.3 Å². The Hall–Kier alpha value is -0.910. The summed E-state index contributed by atoms with van der Waals surface area (Å²) in [5.41, 5.74) is 4.92. The largest absolute Gasteiger partial charge is 0.481 e. The standard InChI is InChI=1S/C15H30NO6P/c1-5-6-9-21-14(19)12(7-8-13(17)18)10-23(20,11-16)22-15(2,3)4/h12H,5-11,16H2,1-4H3,(H,17,18). The summed E-state index contributed by atoms with van der Waals surface area (Å²) in [6, 6.07) is 0. The zero-order valence-electron chi connectivity index (χ0n) is 14.5.